The molecule has 0 bridgehead atoms. The third-order valence-corrected chi connectivity index (χ3v) is 4.49. The lowest BCUT2D eigenvalue weighted by molar-refractivity contribution is 0.718. The number of benzene rings is 2. The zero-order valence-electron chi connectivity index (χ0n) is 15.0. The summed E-state index contributed by atoms with van der Waals surface area (Å²) in [6.45, 7) is 5.75. The van der Waals surface area contributed by atoms with Crippen LogP contribution < -0.4 is 4.90 Å². The summed E-state index contributed by atoms with van der Waals surface area (Å²) in [6.07, 6.45) is 2.72. The Bertz CT molecular complexity index is 771. The molecule has 0 amide bonds. The fraction of sp³-hybridized carbons (Fsp3) is 0.350. The van der Waals surface area contributed by atoms with Crippen LogP contribution in [-0.2, 0) is 0 Å². The Morgan fingerprint density at radius 1 is 1.04 bits per heavy atom. The van der Waals surface area contributed by atoms with Crippen LogP contribution in [0.2, 0.25) is 10.0 Å². The van der Waals surface area contributed by atoms with E-state index in [1.807, 2.05) is 43.3 Å². The van der Waals surface area contributed by atoms with E-state index in [0.717, 1.165) is 42.9 Å². The van der Waals surface area contributed by atoms with Crippen LogP contribution in [0.15, 0.2) is 46.6 Å². The van der Waals surface area contributed by atoms with Crippen molar-refractivity contribution in [1.82, 2.24) is 0 Å². The maximum Gasteiger partial charge on any atom is 0.123 e. The summed E-state index contributed by atoms with van der Waals surface area (Å²) in [4.78, 5) is 2.22. The van der Waals surface area contributed by atoms with Gasteiger partial charge in [-0.25, -0.2) is 0 Å². The third kappa shape index (κ3) is 5.72. The Morgan fingerprint density at radius 3 is 2.27 bits per heavy atom. The second-order valence-corrected chi connectivity index (χ2v) is 6.86. The number of hydrogen-bond acceptors (Lipinski definition) is 4. The highest BCUT2D eigenvalue weighted by Crippen LogP contribution is 2.35. The smallest absolute Gasteiger partial charge is 0.123 e. The summed E-state index contributed by atoms with van der Waals surface area (Å²) >= 11 is 12.4. The first-order valence-electron chi connectivity index (χ1n) is 8.64. The lowest BCUT2D eigenvalue weighted by Gasteiger charge is -2.23. The standard InChI is InChI=1S/C20H22Cl2N4/c1-3-4-11-26(12-5-10-23)17-8-6-16(7-9-17)24-25-20-18(21)13-15(2)14-19(20)22/h6-9,13-14H,3-5,11-12H2,1-2H3. The van der Waals surface area contributed by atoms with Gasteiger partial charge in [-0.15, -0.1) is 5.11 Å². The van der Waals surface area contributed by atoms with Crippen LogP contribution in [0.5, 0.6) is 0 Å². The highest BCUT2D eigenvalue weighted by molar-refractivity contribution is 6.38. The van der Waals surface area contributed by atoms with E-state index in [2.05, 4.69) is 28.1 Å². The van der Waals surface area contributed by atoms with E-state index in [1.165, 1.54) is 0 Å². The Morgan fingerprint density at radius 2 is 1.69 bits per heavy atom. The molecule has 0 saturated heterocycles. The molecule has 0 aromatic heterocycles. The van der Waals surface area contributed by atoms with Gasteiger partial charge in [0.15, 0.2) is 0 Å². The van der Waals surface area contributed by atoms with Crippen molar-refractivity contribution in [3.8, 4) is 6.07 Å². The summed E-state index contributed by atoms with van der Waals surface area (Å²) < 4.78 is 0. The van der Waals surface area contributed by atoms with E-state index < -0.39 is 0 Å². The Kier molecular flexibility index (Phi) is 7.90. The second kappa shape index (κ2) is 10.2. The molecule has 0 spiro atoms. The largest absolute Gasteiger partial charge is 0.371 e. The molecular formula is C20H22Cl2N4. The van der Waals surface area contributed by atoms with Crippen molar-refractivity contribution in [1.29, 1.82) is 5.26 Å². The maximum atomic E-state index is 8.85. The van der Waals surface area contributed by atoms with Gasteiger partial charge in [-0.3, -0.25) is 0 Å². The van der Waals surface area contributed by atoms with Gasteiger partial charge in [0.1, 0.15) is 5.69 Å². The minimum Gasteiger partial charge on any atom is -0.371 e. The van der Waals surface area contributed by atoms with E-state index in [-0.39, 0.29) is 0 Å². The van der Waals surface area contributed by atoms with Crippen molar-refractivity contribution in [2.45, 2.75) is 33.1 Å². The molecule has 0 unspecified atom stereocenters. The molecule has 2 aromatic carbocycles. The number of aryl methyl sites for hydroxylation is 1. The molecule has 0 N–H and O–H groups in total. The predicted molar refractivity (Wildman–Crippen MR) is 109 cm³/mol. The van der Waals surface area contributed by atoms with Gasteiger partial charge in [-0.2, -0.15) is 10.4 Å². The van der Waals surface area contributed by atoms with Crippen LogP contribution in [0.3, 0.4) is 0 Å². The van der Waals surface area contributed by atoms with Crippen LogP contribution >= 0.6 is 23.2 Å². The fourth-order valence-corrected chi connectivity index (χ4v) is 3.20. The van der Waals surface area contributed by atoms with Crippen molar-refractivity contribution in [2.24, 2.45) is 10.2 Å². The second-order valence-electron chi connectivity index (χ2n) is 6.04. The number of halogens is 2. The number of hydrogen-bond donors (Lipinski definition) is 0. The molecule has 0 radical (unpaired) electrons. The average molecular weight is 389 g/mol. The van der Waals surface area contributed by atoms with Crippen molar-refractivity contribution in [3.63, 3.8) is 0 Å². The topological polar surface area (TPSA) is 51.8 Å². The summed E-state index contributed by atoms with van der Waals surface area (Å²) in [5.41, 5.74) is 3.26. The van der Waals surface area contributed by atoms with Crippen molar-refractivity contribution < 1.29 is 0 Å². The summed E-state index contributed by atoms with van der Waals surface area (Å²) in [5, 5.41) is 18.2. The van der Waals surface area contributed by atoms with Crippen LogP contribution in [0.1, 0.15) is 31.7 Å². The van der Waals surface area contributed by atoms with Gasteiger partial charge in [0, 0.05) is 18.8 Å². The van der Waals surface area contributed by atoms with Gasteiger partial charge < -0.3 is 4.90 Å². The number of anilines is 1. The van der Waals surface area contributed by atoms with Gasteiger partial charge >= 0.3 is 0 Å². The summed E-state index contributed by atoms with van der Waals surface area (Å²) in [6, 6.07) is 13.6. The van der Waals surface area contributed by atoms with Crippen molar-refractivity contribution in [3.05, 3.63) is 52.0 Å². The molecule has 0 aliphatic carbocycles. The number of nitriles is 1. The first kappa shape index (κ1) is 20.2. The molecule has 26 heavy (non-hydrogen) atoms. The van der Waals surface area contributed by atoms with Gasteiger partial charge in [-0.05, 0) is 55.3 Å². The molecule has 136 valence electrons. The molecule has 0 atom stereocenters. The molecule has 0 saturated carbocycles. The SMILES string of the molecule is CCCCN(CCC#N)c1ccc(N=Nc2c(Cl)cc(C)cc2Cl)cc1. The lowest BCUT2D eigenvalue weighted by Crippen LogP contribution is -2.25. The number of unbranched alkanes of at least 4 members (excludes halogenated alkanes) is 1. The molecule has 0 heterocycles. The summed E-state index contributed by atoms with van der Waals surface area (Å²) in [7, 11) is 0. The van der Waals surface area contributed by atoms with E-state index >= 15 is 0 Å². The average Bonchev–Trinajstić information content (AvgIpc) is 2.62. The highest BCUT2D eigenvalue weighted by atomic mass is 35.5. The minimum absolute atomic E-state index is 0.474. The van der Waals surface area contributed by atoms with Crippen LogP contribution in [0.25, 0.3) is 0 Å². The molecule has 2 aromatic rings. The van der Waals surface area contributed by atoms with Gasteiger partial charge in [-0.1, -0.05) is 36.5 Å². The quantitative estimate of drug-likeness (QED) is 0.447. The minimum atomic E-state index is 0.474. The Labute approximate surface area is 165 Å². The zero-order valence-corrected chi connectivity index (χ0v) is 16.6. The monoisotopic (exact) mass is 388 g/mol. The van der Waals surface area contributed by atoms with Gasteiger partial charge in [0.05, 0.1) is 28.2 Å². The van der Waals surface area contributed by atoms with Crippen LogP contribution in [0.4, 0.5) is 17.1 Å². The van der Waals surface area contributed by atoms with E-state index in [0.29, 0.717) is 22.2 Å². The number of rotatable bonds is 8. The normalized spacial score (nSPS) is 10.9. The van der Waals surface area contributed by atoms with Crippen LogP contribution in [0, 0.1) is 18.3 Å². The first-order chi connectivity index (χ1) is 12.5. The predicted octanol–water partition coefficient (Wildman–Crippen LogP) is 7.24. The highest BCUT2D eigenvalue weighted by Gasteiger charge is 2.07. The fourth-order valence-electron chi connectivity index (χ4n) is 2.53. The molecule has 0 fully saturated rings. The molecule has 0 aliphatic heterocycles. The number of nitrogens with zero attached hydrogens (tertiary/aromatic N) is 4. The van der Waals surface area contributed by atoms with Crippen molar-refractivity contribution in [2.75, 3.05) is 18.0 Å². The molecule has 2 rings (SSSR count). The molecule has 6 heteroatoms. The zero-order chi connectivity index (χ0) is 18.9. The first-order valence-corrected chi connectivity index (χ1v) is 9.40. The van der Waals surface area contributed by atoms with Crippen LogP contribution in [-0.4, -0.2) is 13.1 Å². The van der Waals surface area contributed by atoms with E-state index in [1.54, 1.807) is 0 Å². The lowest BCUT2D eigenvalue weighted by atomic mass is 10.2. The van der Waals surface area contributed by atoms with E-state index in [4.69, 9.17) is 28.5 Å². The van der Waals surface area contributed by atoms with Gasteiger partial charge in [0.2, 0.25) is 0 Å². The third-order valence-electron chi connectivity index (χ3n) is 3.92. The summed E-state index contributed by atoms with van der Waals surface area (Å²) in [5.74, 6) is 0. The molecular weight excluding hydrogens is 367 g/mol. The Balaban J connectivity index is 2.14. The van der Waals surface area contributed by atoms with Crippen molar-refractivity contribution >= 4 is 40.3 Å². The number of azo groups is 1. The maximum absolute atomic E-state index is 8.85. The molecule has 0 aliphatic rings. The Hall–Kier alpha value is -2.09. The van der Waals surface area contributed by atoms with Gasteiger partial charge in [0.25, 0.3) is 0 Å². The van der Waals surface area contributed by atoms with E-state index in [9.17, 15) is 0 Å². The molecule has 4 nitrogen and oxygen atoms in total.